The zero-order chi connectivity index (χ0) is 11.8. The lowest BCUT2D eigenvalue weighted by Gasteiger charge is -2.01. The monoisotopic (exact) mass is 261 g/mol. The second-order valence-corrected chi connectivity index (χ2v) is 5.10. The minimum Gasteiger partial charge on any atom is -0.321 e. The van der Waals surface area contributed by atoms with Crippen LogP contribution >= 0.6 is 22.9 Å². The predicted molar refractivity (Wildman–Crippen MR) is 72.9 cm³/mol. The number of nitrogens with one attached hydrogen (secondary N) is 1. The van der Waals surface area contributed by atoms with Crippen LogP contribution in [0.5, 0.6) is 0 Å². The summed E-state index contributed by atoms with van der Waals surface area (Å²) in [6.45, 7) is 0. The third-order valence-corrected chi connectivity index (χ3v) is 3.73. The first kappa shape index (κ1) is 10.6. The summed E-state index contributed by atoms with van der Waals surface area (Å²) in [6.07, 6.45) is 0. The quantitative estimate of drug-likeness (QED) is 0.708. The molecule has 0 unspecified atom stereocenters. The van der Waals surface area contributed by atoms with Crippen molar-refractivity contribution in [1.29, 1.82) is 0 Å². The van der Waals surface area contributed by atoms with Crippen LogP contribution in [0, 0.1) is 0 Å². The molecule has 2 heterocycles. The maximum atomic E-state index is 11.8. The molecule has 2 aromatic heterocycles. The summed E-state index contributed by atoms with van der Waals surface area (Å²) in [5, 5.41) is 3.35. The number of rotatable bonds is 1. The number of hydrogen-bond acceptors (Lipinski definition) is 2. The summed E-state index contributed by atoms with van der Waals surface area (Å²) in [7, 11) is 0. The van der Waals surface area contributed by atoms with E-state index in [1.54, 1.807) is 11.3 Å². The Morgan fingerprint density at radius 2 is 1.88 bits per heavy atom. The predicted octanol–water partition coefficient (Wildman–Crippen LogP) is 3.91. The van der Waals surface area contributed by atoms with Crippen molar-refractivity contribution in [2.75, 3.05) is 0 Å². The molecule has 84 valence electrons. The summed E-state index contributed by atoms with van der Waals surface area (Å²) < 4.78 is 0.999. The highest BCUT2D eigenvalue weighted by Crippen LogP contribution is 2.24. The van der Waals surface area contributed by atoms with E-state index in [4.69, 9.17) is 11.6 Å². The molecule has 0 aliphatic heterocycles. The van der Waals surface area contributed by atoms with Gasteiger partial charge in [-0.3, -0.25) is 4.79 Å². The molecule has 0 fully saturated rings. The number of thiophene rings is 1. The van der Waals surface area contributed by atoms with Gasteiger partial charge < -0.3 is 4.98 Å². The van der Waals surface area contributed by atoms with Gasteiger partial charge in [-0.2, -0.15) is 0 Å². The molecule has 0 amide bonds. The van der Waals surface area contributed by atoms with Crippen LogP contribution in [0.25, 0.3) is 21.3 Å². The summed E-state index contributed by atoms with van der Waals surface area (Å²) in [4.78, 5) is 14.7. The average molecular weight is 262 g/mol. The molecule has 0 radical (unpaired) electrons. The number of benzene rings is 1. The normalized spacial score (nSPS) is 10.9. The third-order valence-electron chi connectivity index (χ3n) is 2.62. The van der Waals surface area contributed by atoms with Gasteiger partial charge in [0.15, 0.2) is 0 Å². The minimum atomic E-state index is -0.0475. The Bertz CT molecular complexity index is 727. The molecule has 3 rings (SSSR count). The van der Waals surface area contributed by atoms with Gasteiger partial charge >= 0.3 is 0 Å². The van der Waals surface area contributed by atoms with E-state index in [0.29, 0.717) is 5.02 Å². The van der Waals surface area contributed by atoms with E-state index in [-0.39, 0.29) is 5.56 Å². The van der Waals surface area contributed by atoms with Crippen molar-refractivity contribution >= 4 is 33.0 Å². The molecule has 4 heteroatoms. The average Bonchev–Trinajstić information content (AvgIpc) is 2.78. The lowest BCUT2D eigenvalue weighted by atomic mass is 10.1. The standard InChI is InChI=1S/C13H8ClNOS/c14-9-3-1-8(2-4-9)11-7-12-10(5-6-17-12)13(16)15-11/h1-7H,(H,15,16). The largest absolute Gasteiger partial charge is 0.321 e. The Labute approximate surface area is 106 Å². The number of H-pyrrole nitrogens is 1. The number of aromatic nitrogens is 1. The smallest absolute Gasteiger partial charge is 0.257 e. The summed E-state index contributed by atoms with van der Waals surface area (Å²) >= 11 is 7.41. The van der Waals surface area contributed by atoms with E-state index in [0.717, 1.165) is 21.3 Å². The first-order valence-corrected chi connectivity index (χ1v) is 6.36. The summed E-state index contributed by atoms with van der Waals surface area (Å²) in [5.74, 6) is 0. The van der Waals surface area contributed by atoms with Crippen molar-refractivity contribution in [1.82, 2.24) is 4.98 Å². The van der Waals surface area contributed by atoms with E-state index in [2.05, 4.69) is 4.98 Å². The van der Waals surface area contributed by atoms with Crippen LogP contribution in [0.4, 0.5) is 0 Å². The first-order chi connectivity index (χ1) is 8.24. The van der Waals surface area contributed by atoms with Gasteiger partial charge in [0.2, 0.25) is 0 Å². The molecule has 0 aliphatic rings. The Morgan fingerprint density at radius 3 is 2.65 bits per heavy atom. The van der Waals surface area contributed by atoms with Crippen LogP contribution in [0.3, 0.4) is 0 Å². The molecule has 0 aliphatic carbocycles. The highest BCUT2D eigenvalue weighted by Gasteiger charge is 2.04. The maximum Gasteiger partial charge on any atom is 0.257 e. The van der Waals surface area contributed by atoms with Gasteiger partial charge in [0.05, 0.1) is 5.39 Å². The number of aromatic amines is 1. The maximum absolute atomic E-state index is 11.8. The van der Waals surface area contributed by atoms with Gasteiger partial charge in [-0.05, 0) is 35.2 Å². The molecular weight excluding hydrogens is 254 g/mol. The lowest BCUT2D eigenvalue weighted by molar-refractivity contribution is 1.28. The Hall–Kier alpha value is -1.58. The van der Waals surface area contributed by atoms with Crippen molar-refractivity contribution in [3.63, 3.8) is 0 Å². The van der Waals surface area contributed by atoms with Crippen LogP contribution in [0.2, 0.25) is 5.02 Å². The third kappa shape index (κ3) is 1.88. The summed E-state index contributed by atoms with van der Waals surface area (Å²) in [6, 6.07) is 11.2. The molecule has 0 atom stereocenters. The lowest BCUT2D eigenvalue weighted by Crippen LogP contribution is -2.05. The molecule has 0 spiro atoms. The van der Waals surface area contributed by atoms with E-state index >= 15 is 0 Å². The Kier molecular flexibility index (Phi) is 2.50. The van der Waals surface area contributed by atoms with Crippen molar-refractivity contribution in [2.24, 2.45) is 0 Å². The Balaban J connectivity index is 2.23. The zero-order valence-electron chi connectivity index (χ0n) is 8.74. The fourth-order valence-electron chi connectivity index (χ4n) is 1.76. The number of hydrogen-bond donors (Lipinski definition) is 1. The van der Waals surface area contributed by atoms with Gasteiger partial charge in [-0.15, -0.1) is 11.3 Å². The van der Waals surface area contributed by atoms with E-state index < -0.39 is 0 Å². The second-order valence-electron chi connectivity index (χ2n) is 3.72. The molecule has 2 nitrogen and oxygen atoms in total. The SMILES string of the molecule is O=c1[nH]c(-c2ccc(Cl)cc2)cc2sccc12. The van der Waals surface area contributed by atoms with Crippen molar-refractivity contribution in [3.8, 4) is 11.3 Å². The molecule has 0 bridgehead atoms. The van der Waals surface area contributed by atoms with Gasteiger partial charge in [-0.25, -0.2) is 0 Å². The van der Waals surface area contributed by atoms with Gasteiger partial charge in [0.1, 0.15) is 0 Å². The van der Waals surface area contributed by atoms with E-state index in [1.807, 2.05) is 41.8 Å². The van der Waals surface area contributed by atoms with Crippen LogP contribution < -0.4 is 5.56 Å². The second kappa shape index (κ2) is 4.02. The van der Waals surface area contributed by atoms with Crippen LogP contribution in [-0.4, -0.2) is 4.98 Å². The molecule has 1 N–H and O–H groups in total. The van der Waals surface area contributed by atoms with Crippen LogP contribution in [0.15, 0.2) is 46.6 Å². The van der Waals surface area contributed by atoms with Crippen molar-refractivity contribution < 1.29 is 0 Å². The van der Waals surface area contributed by atoms with Crippen LogP contribution in [0.1, 0.15) is 0 Å². The highest BCUT2D eigenvalue weighted by molar-refractivity contribution is 7.17. The highest BCUT2D eigenvalue weighted by atomic mass is 35.5. The fourth-order valence-corrected chi connectivity index (χ4v) is 2.71. The number of pyridine rings is 1. The van der Waals surface area contributed by atoms with Gasteiger partial charge in [0.25, 0.3) is 5.56 Å². The fraction of sp³-hybridized carbons (Fsp3) is 0. The van der Waals surface area contributed by atoms with Crippen LogP contribution in [-0.2, 0) is 0 Å². The molecule has 3 aromatic rings. The molecule has 1 aromatic carbocycles. The zero-order valence-corrected chi connectivity index (χ0v) is 10.3. The number of halogens is 1. The molecule has 17 heavy (non-hydrogen) atoms. The molecule has 0 saturated heterocycles. The molecule has 0 saturated carbocycles. The van der Waals surface area contributed by atoms with E-state index in [1.165, 1.54) is 0 Å². The molecular formula is C13H8ClNOS. The van der Waals surface area contributed by atoms with Gasteiger partial charge in [-0.1, -0.05) is 23.7 Å². The van der Waals surface area contributed by atoms with Crippen molar-refractivity contribution in [3.05, 3.63) is 57.2 Å². The van der Waals surface area contributed by atoms with Gasteiger partial charge in [0, 0.05) is 15.4 Å². The summed E-state index contributed by atoms with van der Waals surface area (Å²) in [5.41, 5.74) is 1.73. The van der Waals surface area contributed by atoms with E-state index in [9.17, 15) is 4.79 Å². The Morgan fingerprint density at radius 1 is 1.12 bits per heavy atom. The number of fused-ring (bicyclic) bond motifs is 1. The topological polar surface area (TPSA) is 32.9 Å². The minimum absolute atomic E-state index is 0.0475. The first-order valence-electron chi connectivity index (χ1n) is 5.10. The van der Waals surface area contributed by atoms with Crippen molar-refractivity contribution in [2.45, 2.75) is 0 Å².